The number of aliphatic hydroxyl groups is 1. The highest BCUT2D eigenvalue weighted by atomic mass is 16.4. The van der Waals surface area contributed by atoms with Gasteiger partial charge >= 0.3 is 6.09 Å². The number of hydrogen-bond acceptors (Lipinski definition) is 2. The van der Waals surface area contributed by atoms with E-state index in [1.807, 2.05) is 37.3 Å². The lowest BCUT2D eigenvalue weighted by Crippen LogP contribution is -2.49. The molecule has 1 aliphatic heterocycles. The van der Waals surface area contributed by atoms with E-state index in [-0.39, 0.29) is 12.0 Å². The Morgan fingerprint density at radius 2 is 2.11 bits per heavy atom. The first-order chi connectivity index (χ1) is 8.92. The fourth-order valence-electron chi connectivity index (χ4n) is 3.20. The molecule has 0 spiro atoms. The SMILES string of the molecule is CC(Cc1ccccc1)[C@@H]1N(C(=O)O)CC[C@]1(C)O. The molecule has 0 bridgehead atoms. The van der Waals surface area contributed by atoms with Crippen LogP contribution >= 0.6 is 0 Å². The van der Waals surface area contributed by atoms with Gasteiger partial charge < -0.3 is 15.1 Å². The number of carboxylic acid groups (broad SMARTS) is 1. The zero-order valence-corrected chi connectivity index (χ0v) is 11.4. The molecule has 19 heavy (non-hydrogen) atoms. The summed E-state index contributed by atoms with van der Waals surface area (Å²) < 4.78 is 0. The highest BCUT2D eigenvalue weighted by Crippen LogP contribution is 2.34. The normalized spacial score (nSPS) is 28.4. The number of amides is 1. The zero-order valence-electron chi connectivity index (χ0n) is 11.4. The Kier molecular flexibility index (Phi) is 3.80. The lowest BCUT2D eigenvalue weighted by atomic mass is 9.84. The third-order valence-corrected chi connectivity index (χ3v) is 4.02. The third-order valence-electron chi connectivity index (χ3n) is 4.02. The summed E-state index contributed by atoms with van der Waals surface area (Å²) in [6, 6.07) is 9.64. The molecule has 4 heteroatoms. The second-order valence-electron chi connectivity index (χ2n) is 5.69. The van der Waals surface area contributed by atoms with Gasteiger partial charge in [0.25, 0.3) is 0 Å². The van der Waals surface area contributed by atoms with Gasteiger partial charge in [-0.05, 0) is 31.2 Å². The molecule has 0 aliphatic carbocycles. The lowest BCUT2D eigenvalue weighted by Gasteiger charge is -2.35. The topological polar surface area (TPSA) is 60.8 Å². The highest BCUT2D eigenvalue weighted by molar-refractivity contribution is 5.66. The average molecular weight is 263 g/mol. The third kappa shape index (κ3) is 2.89. The van der Waals surface area contributed by atoms with Gasteiger partial charge in [0, 0.05) is 6.54 Å². The molecule has 1 fully saturated rings. The maximum atomic E-state index is 11.3. The van der Waals surface area contributed by atoms with Crippen LogP contribution < -0.4 is 0 Å². The second kappa shape index (κ2) is 5.21. The van der Waals surface area contributed by atoms with Gasteiger partial charge in [-0.25, -0.2) is 4.79 Å². The molecule has 1 amide bonds. The fraction of sp³-hybridized carbons (Fsp3) is 0.533. The van der Waals surface area contributed by atoms with E-state index >= 15 is 0 Å². The minimum absolute atomic E-state index is 0.0796. The van der Waals surface area contributed by atoms with Gasteiger partial charge in [-0.3, -0.25) is 0 Å². The van der Waals surface area contributed by atoms with Crippen molar-refractivity contribution in [1.82, 2.24) is 4.90 Å². The van der Waals surface area contributed by atoms with Gasteiger partial charge in [-0.15, -0.1) is 0 Å². The lowest BCUT2D eigenvalue weighted by molar-refractivity contribution is 0.000252. The molecule has 1 aromatic carbocycles. The van der Waals surface area contributed by atoms with Crippen molar-refractivity contribution < 1.29 is 15.0 Å². The Labute approximate surface area is 113 Å². The van der Waals surface area contributed by atoms with Gasteiger partial charge in [0.1, 0.15) is 0 Å². The molecule has 0 saturated carbocycles. The summed E-state index contributed by atoms with van der Waals surface area (Å²) in [5.41, 5.74) is 0.232. The number of benzene rings is 1. The molecule has 1 unspecified atom stereocenters. The van der Waals surface area contributed by atoms with Gasteiger partial charge in [-0.2, -0.15) is 0 Å². The maximum absolute atomic E-state index is 11.3. The summed E-state index contributed by atoms with van der Waals surface area (Å²) in [5.74, 6) is 0.0796. The molecule has 2 N–H and O–H groups in total. The maximum Gasteiger partial charge on any atom is 0.407 e. The summed E-state index contributed by atoms with van der Waals surface area (Å²) in [7, 11) is 0. The first-order valence-electron chi connectivity index (χ1n) is 6.67. The zero-order chi connectivity index (χ0) is 14.0. The summed E-state index contributed by atoms with van der Waals surface area (Å²) in [4.78, 5) is 12.7. The average Bonchev–Trinajstić information content (AvgIpc) is 2.66. The van der Waals surface area contributed by atoms with Gasteiger partial charge in [0.05, 0.1) is 11.6 Å². The quantitative estimate of drug-likeness (QED) is 0.880. The Hall–Kier alpha value is -1.55. The Balaban J connectivity index is 2.15. The second-order valence-corrected chi connectivity index (χ2v) is 5.69. The first-order valence-corrected chi connectivity index (χ1v) is 6.67. The van der Waals surface area contributed by atoms with E-state index in [0.29, 0.717) is 13.0 Å². The fourth-order valence-corrected chi connectivity index (χ4v) is 3.20. The van der Waals surface area contributed by atoms with Crippen LogP contribution in [0.1, 0.15) is 25.8 Å². The van der Waals surface area contributed by atoms with E-state index in [0.717, 1.165) is 6.42 Å². The van der Waals surface area contributed by atoms with Crippen LogP contribution in [-0.2, 0) is 6.42 Å². The molecular formula is C15H21NO3. The van der Waals surface area contributed by atoms with E-state index < -0.39 is 11.7 Å². The molecule has 0 aromatic heterocycles. The summed E-state index contributed by atoms with van der Waals surface area (Å²) >= 11 is 0. The van der Waals surface area contributed by atoms with Crippen LogP contribution in [0.5, 0.6) is 0 Å². The molecule has 1 saturated heterocycles. The van der Waals surface area contributed by atoms with Crippen molar-refractivity contribution in [3.8, 4) is 0 Å². The predicted octanol–water partition coefficient (Wildman–Crippen LogP) is 2.37. The largest absolute Gasteiger partial charge is 0.465 e. The van der Waals surface area contributed by atoms with Crippen molar-refractivity contribution in [2.24, 2.45) is 5.92 Å². The number of likely N-dealkylation sites (tertiary alicyclic amines) is 1. The van der Waals surface area contributed by atoms with Crippen molar-refractivity contribution in [1.29, 1.82) is 0 Å². The minimum Gasteiger partial charge on any atom is -0.465 e. The number of rotatable bonds is 3. The van der Waals surface area contributed by atoms with Crippen molar-refractivity contribution in [3.63, 3.8) is 0 Å². The Bertz CT molecular complexity index is 444. The molecule has 4 nitrogen and oxygen atoms in total. The molecular weight excluding hydrogens is 242 g/mol. The number of carbonyl (C=O) groups is 1. The van der Waals surface area contributed by atoms with Crippen LogP contribution in [-0.4, -0.2) is 39.4 Å². The van der Waals surface area contributed by atoms with Crippen molar-refractivity contribution in [3.05, 3.63) is 35.9 Å². The van der Waals surface area contributed by atoms with E-state index in [1.165, 1.54) is 10.5 Å². The number of hydrogen-bond donors (Lipinski definition) is 2. The van der Waals surface area contributed by atoms with E-state index in [4.69, 9.17) is 0 Å². The smallest absolute Gasteiger partial charge is 0.407 e. The first kappa shape index (κ1) is 13.9. The molecule has 104 valence electrons. The van der Waals surface area contributed by atoms with Gasteiger partial charge in [-0.1, -0.05) is 37.3 Å². The Morgan fingerprint density at radius 1 is 1.47 bits per heavy atom. The molecule has 0 radical (unpaired) electrons. The summed E-state index contributed by atoms with van der Waals surface area (Å²) in [5, 5.41) is 19.7. The number of nitrogens with zero attached hydrogens (tertiary/aromatic N) is 1. The van der Waals surface area contributed by atoms with Crippen LogP contribution in [0.2, 0.25) is 0 Å². The monoisotopic (exact) mass is 263 g/mol. The van der Waals surface area contributed by atoms with Crippen LogP contribution in [0, 0.1) is 5.92 Å². The molecule has 2 rings (SSSR count). The van der Waals surface area contributed by atoms with Crippen molar-refractivity contribution in [2.45, 2.75) is 38.3 Å². The molecule has 1 aliphatic rings. The highest BCUT2D eigenvalue weighted by Gasteiger charge is 2.47. The van der Waals surface area contributed by atoms with E-state index in [2.05, 4.69) is 0 Å². The van der Waals surface area contributed by atoms with Crippen LogP contribution in [0.4, 0.5) is 4.79 Å². The van der Waals surface area contributed by atoms with E-state index in [9.17, 15) is 15.0 Å². The van der Waals surface area contributed by atoms with Crippen LogP contribution in [0.25, 0.3) is 0 Å². The Morgan fingerprint density at radius 3 is 2.68 bits per heavy atom. The van der Waals surface area contributed by atoms with Gasteiger partial charge in [0.15, 0.2) is 0 Å². The molecule has 3 atom stereocenters. The standard InChI is InChI=1S/C15H21NO3/c1-11(10-12-6-4-3-5-7-12)13-15(2,19)8-9-16(13)14(17)18/h3-7,11,13,19H,8-10H2,1-2H3,(H,17,18)/t11?,13-,15-/m0/s1. The van der Waals surface area contributed by atoms with Crippen molar-refractivity contribution in [2.75, 3.05) is 6.54 Å². The summed E-state index contributed by atoms with van der Waals surface area (Å²) in [6.45, 7) is 4.15. The van der Waals surface area contributed by atoms with Gasteiger partial charge in [0.2, 0.25) is 0 Å². The van der Waals surface area contributed by atoms with Crippen molar-refractivity contribution >= 4 is 6.09 Å². The molecule has 1 heterocycles. The predicted molar refractivity (Wildman–Crippen MR) is 73.1 cm³/mol. The van der Waals surface area contributed by atoms with Crippen LogP contribution in [0.3, 0.4) is 0 Å². The summed E-state index contributed by atoms with van der Waals surface area (Å²) in [6.07, 6.45) is 0.330. The molecule has 1 aromatic rings. The van der Waals surface area contributed by atoms with Crippen LogP contribution in [0.15, 0.2) is 30.3 Å². The van der Waals surface area contributed by atoms with E-state index in [1.54, 1.807) is 6.92 Å². The minimum atomic E-state index is -0.942.